The highest BCUT2D eigenvalue weighted by atomic mass is 79.9. The maximum absolute atomic E-state index is 13.5. The first-order chi connectivity index (χ1) is 9.38. The molecule has 0 saturated carbocycles. The fourth-order valence-electron chi connectivity index (χ4n) is 1.84. The van der Waals surface area contributed by atoms with Crippen molar-refractivity contribution in [1.29, 1.82) is 0 Å². The van der Waals surface area contributed by atoms with E-state index in [0.29, 0.717) is 15.9 Å². The fourth-order valence-corrected chi connectivity index (χ4v) is 2.09. The normalized spacial score (nSPS) is 10.4. The van der Waals surface area contributed by atoms with Crippen LogP contribution >= 0.6 is 15.9 Å². The van der Waals surface area contributed by atoms with Crippen molar-refractivity contribution < 1.29 is 13.9 Å². The van der Waals surface area contributed by atoms with Crippen LogP contribution in [0.3, 0.4) is 0 Å². The van der Waals surface area contributed by atoms with Gasteiger partial charge in [0.1, 0.15) is 22.9 Å². The van der Waals surface area contributed by atoms with E-state index in [0.717, 1.165) is 0 Å². The number of amides is 1. The molecule has 2 aromatic rings. The van der Waals surface area contributed by atoms with Crippen LogP contribution in [0.1, 0.15) is 21.7 Å². The Morgan fingerprint density at radius 1 is 1.35 bits per heavy atom. The molecule has 0 unspecified atom stereocenters. The molecule has 104 valence electrons. The second-order valence-corrected chi connectivity index (χ2v) is 5.12. The van der Waals surface area contributed by atoms with Crippen LogP contribution in [0.25, 0.3) is 0 Å². The number of carbonyl (C=O) groups excluding carboxylic acids is 1. The first-order valence-electron chi connectivity index (χ1n) is 5.79. The smallest absolute Gasteiger partial charge is 0.254 e. The molecule has 1 aromatic carbocycles. The first kappa shape index (κ1) is 14.5. The molecular formula is C14H12BrFN2O2. The molecule has 0 radical (unpaired) electrons. The lowest BCUT2D eigenvalue weighted by molar-refractivity contribution is 0.0997. The number of aryl methyl sites for hydroxylation is 2. The summed E-state index contributed by atoms with van der Waals surface area (Å²) in [6, 6.07) is 5.92. The summed E-state index contributed by atoms with van der Waals surface area (Å²) in [5.41, 5.74) is 6.68. The number of nitrogens with zero attached hydrogens (tertiary/aromatic N) is 1. The number of hydrogen-bond donors (Lipinski definition) is 1. The molecule has 0 spiro atoms. The zero-order valence-corrected chi connectivity index (χ0v) is 12.5. The standard InChI is InChI=1S/C14H12BrFN2O2/c1-7-5-12(13(14(17)19)8(2)18-7)20-9-3-4-10(15)11(16)6-9/h3-6H,1-2H3,(H2,17,19). The summed E-state index contributed by atoms with van der Waals surface area (Å²) in [7, 11) is 0. The molecule has 0 bridgehead atoms. The lowest BCUT2D eigenvalue weighted by atomic mass is 10.1. The molecule has 0 aliphatic rings. The van der Waals surface area contributed by atoms with Gasteiger partial charge < -0.3 is 10.5 Å². The largest absolute Gasteiger partial charge is 0.456 e. The van der Waals surface area contributed by atoms with Crippen LogP contribution < -0.4 is 10.5 Å². The lowest BCUT2D eigenvalue weighted by Gasteiger charge is -2.12. The van der Waals surface area contributed by atoms with Crippen LogP contribution in [0.15, 0.2) is 28.7 Å². The van der Waals surface area contributed by atoms with E-state index in [4.69, 9.17) is 10.5 Å². The van der Waals surface area contributed by atoms with E-state index in [1.165, 1.54) is 12.1 Å². The molecule has 1 heterocycles. The summed E-state index contributed by atoms with van der Waals surface area (Å²) in [5, 5.41) is 0. The van der Waals surface area contributed by atoms with Crippen LogP contribution in [0.4, 0.5) is 4.39 Å². The summed E-state index contributed by atoms with van der Waals surface area (Å²) in [6.07, 6.45) is 0. The molecule has 2 N–H and O–H groups in total. The maximum Gasteiger partial charge on any atom is 0.254 e. The Morgan fingerprint density at radius 3 is 2.65 bits per heavy atom. The number of carbonyl (C=O) groups is 1. The number of hydrogen-bond acceptors (Lipinski definition) is 3. The number of primary amides is 1. The number of halogens is 2. The van der Waals surface area contributed by atoms with E-state index < -0.39 is 11.7 Å². The summed E-state index contributed by atoms with van der Waals surface area (Å²) < 4.78 is 19.4. The number of benzene rings is 1. The Labute approximate surface area is 123 Å². The van der Waals surface area contributed by atoms with Gasteiger partial charge in [0, 0.05) is 17.8 Å². The number of ether oxygens (including phenoxy) is 1. The summed E-state index contributed by atoms with van der Waals surface area (Å²) >= 11 is 3.06. The molecule has 1 aromatic heterocycles. The van der Waals surface area contributed by atoms with Crippen LogP contribution in [0.2, 0.25) is 0 Å². The highest BCUT2D eigenvalue weighted by molar-refractivity contribution is 9.10. The Morgan fingerprint density at radius 2 is 2.05 bits per heavy atom. The van der Waals surface area contributed by atoms with Gasteiger partial charge >= 0.3 is 0 Å². The Balaban J connectivity index is 2.47. The van der Waals surface area contributed by atoms with Crippen LogP contribution in [0, 0.1) is 19.7 Å². The third-order valence-electron chi connectivity index (χ3n) is 2.66. The molecule has 0 aliphatic carbocycles. The number of aromatic nitrogens is 1. The second-order valence-electron chi connectivity index (χ2n) is 4.26. The van der Waals surface area contributed by atoms with Gasteiger partial charge in [-0.3, -0.25) is 9.78 Å². The Kier molecular flexibility index (Phi) is 4.04. The van der Waals surface area contributed by atoms with Gasteiger partial charge in [0.25, 0.3) is 5.91 Å². The average molecular weight is 339 g/mol. The van der Waals surface area contributed by atoms with Crippen molar-refractivity contribution in [3.8, 4) is 11.5 Å². The minimum absolute atomic E-state index is 0.193. The zero-order valence-electron chi connectivity index (χ0n) is 10.9. The summed E-state index contributed by atoms with van der Waals surface area (Å²) in [4.78, 5) is 15.7. The van der Waals surface area contributed by atoms with Crippen molar-refractivity contribution in [1.82, 2.24) is 4.98 Å². The average Bonchev–Trinajstić information content (AvgIpc) is 2.32. The molecule has 0 fully saturated rings. The van der Waals surface area contributed by atoms with E-state index in [9.17, 15) is 9.18 Å². The predicted molar refractivity (Wildman–Crippen MR) is 76.4 cm³/mol. The quantitative estimate of drug-likeness (QED) is 0.931. The van der Waals surface area contributed by atoms with Crippen molar-refractivity contribution in [3.63, 3.8) is 0 Å². The number of rotatable bonds is 3. The molecule has 1 amide bonds. The van der Waals surface area contributed by atoms with Crippen molar-refractivity contribution >= 4 is 21.8 Å². The van der Waals surface area contributed by atoms with Gasteiger partial charge in [0.15, 0.2) is 0 Å². The Hall–Kier alpha value is -1.95. The zero-order chi connectivity index (χ0) is 14.9. The maximum atomic E-state index is 13.5. The SMILES string of the molecule is Cc1cc(Oc2ccc(Br)c(F)c2)c(C(N)=O)c(C)n1. The van der Waals surface area contributed by atoms with Gasteiger partial charge in [-0.2, -0.15) is 0 Å². The van der Waals surface area contributed by atoms with Crippen LogP contribution in [0.5, 0.6) is 11.5 Å². The lowest BCUT2D eigenvalue weighted by Crippen LogP contribution is -2.15. The molecule has 6 heteroatoms. The number of pyridine rings is 1. The van der Waals surface area contributed by atoms with Gasteiger partial charge in [-0.25, -0.2) is 4.39 Å². The summed E-state index contributed by atoms with van der Waals surface area (Å²) in [6.45, 7) is 3.44. The Bertz CT molecular complexity index is 689. The molecule has 20 heavy (non-hydrogen) atoms. The van der Waals surface area contributed by atoms with E-state index in [1.54, 1.807) is 26.0 Å². The van der Waals surface area contributed by atoms with E-state index in [-0.39, 0.29) is 17.1 Å². The van der Waals surface area contributed by atoms with Gasteiger partial charge in [-0.15, -0.1) is 0 Å². The summed E-state index contributed by atoms with van der Waals surface area (Å²) in [5.74, 6) is -0.546. The molecule has 2 rings (SSSR count). The fraction of sp³-hybridized carbons (Fsp3) is 0.143. The van der Waals surface area contributed by atoms with Crippen molar-refractivity contribution in [2.45, 2.75) is 13.8 Å². The van der Waals surface area contributed by atoms with Crippen LogP contribution in [-0.4, -0.2) is 10.9 Å². The third kappa shape index (κ3) is 2.96. The second kappa shape index (κ2) is 5.58. The van der Waals surface area contributed by atoms with Crippen molar-refractivity contribution in [3.05, 3.63) is 51.5 Å². The van der Waals surface area contributed by atoms with Gasteiger partial charge in [0.05, 0.1) is 10.2 Å². The van der Waals surface area contributed by atoms with E-state index in [2.05, 4.69) is 20.9 Å². The van der Waals surface area contributed by atoms with Crippen molar-refractivity contribution in [2.24, 2.45) is 5.73 Å². The van der Waals surface area contributed by atoms with Crippen LogP contribution in [-0.2, 0) is 0 Å². The predicted octanol–water partition coefficient (Wildman–Crippen LogP) is 3.49. The molecule has 0 atom stereocenters. The van der Waals surface area contributed by atoms with E-state index in [1.807, 2.05) is 0 Å². The third-order valence-corrected chi connectivity index (χ3v) is 3.30. The molecule has 4 nitrogen and oxygen atoms in total. The van der Waals surface area contributed by atoms with Gasteiger partial charge in [-0.05, 0) is 41.9 Å². The van der Waals surface area contributed by atoms with E-state index >= 15 is 0 Å². The minimum Gasteiger partial charge on any atom is -0.456 e. The monoisotopic (exact) mass is 338 g/mol. The molecular weight excluding hydrogens is 327 g/mol. The van der Waals surface area contributed by atoms with Crippen molar-refractivity contribution in [2.75, 3.05) is 0 Å². The van der Waals surface area contributed by atoms with Gasteiger partial charge in [0.2, 0.25) is 0 Å². The highest BCUT2D eigenvalue weighted by Crippen LogP contribution is 2.29. The highest BCUT2D eigenvalue weighted by Gasteiger charge is 2.16. The first-order valence-corrected chi connectivity index (χ1v) is 6.58. The molecule has 0 saturated heterocycles. The van der Waals surface area contributed by atoms with Gasteiger partial charge in [-0.1, -0.05) is 0 Å². The topological polar surface area (TPSA) is 65.2 Å². The number of nitrogens with two attached hydrogens (primary N) is 1. The molecule has 0 aliphatic heterocycles. The minimum atomic E-state index is -0.636.